The summed E-state index contributed by atoms with van der Waals surface area (Å²) in [5.74, 6) is -0.664. The van der Waals surface area contributed by atoms with Gasteiger partial charge in [0.2, 0.25) is 0 Å². The Kier molecular flexibility index (Phi) is 3.44. The quantitative estimate of drug-likeness (QED) is 0.882. The first-order chi connectivity index (χ1) is 8.84. The van der Waals surface area contributed by atoms with Crippen LogP contribution in [0.15, 0.2) is 23.4 Å². The summed E-state index contributed by atoms with van der Waals surface area (Å²) in [7, 11) is 0. The van der Waals surface area contributed by atoms with Crippen molar-refractivity contribution in [3.8, 4) is 0 Å². The molecule has 0 bridgehead atoms. The zero-order chi connectivity index (χ0) is 14.2. The summed E-state index contributed by atoms with van der Waals surface area (Å²) in [5.41, 5.74) is -1.11. The van der Waals surface area contributed by atoms with E-state index in [0.29, 0.717) is 10.8 Å². The predicted octanol–water partition coefficient (Wildman–Crippen LogP) is 3.16. The van der Waals surface area contributed by atoms with Crippen molar-refractivity contribution in [2.24, 2.45) is 0 Å². The lowest BCUT2D eigenvalue weighted by atomic mass is 10.2. The standard InChI is InChI=1S/C11H9F3N2O2S/c1-2-19-9-8(10(17)18)15-7-5-6(11(12,13)14)3-4-16(7)9/h3-5H,2H2,1H3,(H,17,18). The number of nitrogens with zero attached hydrogens (tertiary/aromatic N) is 2. The van der Waals surface area contributed by atoms with E-state index in [2.05, 4.69) is 4.98 Å². The van der Waals surface area contributed by atoms with E-state index in [1.54, 1.807) is 0 Å². The molecule has 0 spiro atoms. The van der Waals surface area contributed by atoms with Gasteiger partial charge >= 0.3 is 12.1 Å². The average molecular weight is 290 g/mol. The molecule has 0 atom stereocenters. The van der Waals surface area contributed by atoms with Gasteiger partial charge in [0.25, 0.3) is 0 Å². The molecule has 0 aromatic carbocycles. The lowest BCUT2D eigenvalue weighted by molar-refractivity contribution is -0.137. The molecule has 2 aromatic rings. The van der Waals surface area contributed by atoms with Gasteiger partial charge in [0.1, 0.15) is 10.7 Å². The smallest absolute Gasteiger partial charge is 0.416 e. The molecule has 19 heavy (non-hydrogen) atoms. The van der Waals surface area contributed by atoms with Crippen LogP contribution < -0.4 is 0 Å². The fourth-order valence-electron chi connectivity index (χ4n) is 1.61. The molecule has 0 saturated heterocycles. The third-order valence-electron chi connectivity index (χ3n) is 2.39. The van der Waals surface area contributed by atoms with Crippen LogP contribution in [0.3, 0.4) is 0 Å². The van der Waals surface area contributed by atoms with Crippen LogP contribution >= 0.6 is 11.8 Å². The monoisotopic (exact) mass is 290 g/mol. The number of fused-ring (bicyclic) bond motifs is 1. The number of carbonyl (C=O) groups is 1. The van der Waals surface area contributed by atoms with E-state index in [9.17, 15) is 18.0 Å². The second kappa shape index (κ2) is 4.76. The van der Waals surface area contributed by atoms with E-state index < -0.39 is 17.7 Å². The fraction of sp³-hybridized carbons (Fsp3) is 0.273. The van der Waals surface area contributed by atoms with Crippen LogP contribution in [-0.4, -0.2) is 26.2 Å². The van der Waals surface area contributed by atoms with Gasteiger partial charge in [-0.05, 0) is 17.9 Å². The largest absolute Gasteiger partial charge is 0.476 e. The lowest BCUT2D eigenvalue weighted by Gasteiger charge is -2.07. The van der Waals surface area contributed by atoms with Crippen molar-refractivity contribution in [1.29, 1.82) is 0 Å². The van der Waals surface area contributed by atoms with Crippen molar-refractivity contribution in [2.75, 3.05) is 5.75 Å². The molecule has 4 nitrogen and oxygen atoms in total. The molecule has 0 amide bonds. The van der Waals surface area contributed by atoms with Crippen LogP contribution in [-0.2, 0) is 6.18 Å². The second-order valence-electron chi connectivity index (χ2n) is 3.65. The molecule has 2 aromatic heterocycles. The third kappa shape index (κ3) is 2.53. The molecule has 0 unspecified atom stereocenters. The Morgan fingerprint density at radius 2 is 2.21 bits per heavy atom. The Morgan fingerprint density at radius 1 is 1.53 bits per heavy atom. The van der Waals surface area contributed by atoms with Gasteiger partial charge in [-0.25, -0.2) is 9.78 Å². The predicted molar refractivity (Wildman–Crippen MR) is 63.6 cm³/mol. The number of hydrogen-bond donors (Lipinski definition) is 1. The van der Waals surface area contributed by atoms with Crippen LogP contribution in [0.5, 0.6) is 0 Å². The van der Waals surface area contributed by atoms with Crippen molar-refractivity contribution in [3.05, 3.63) is 29.6 Å². The topological polar surface area (TPSA) is 54.6 Å². The number of carboxylic acids is 1. The Hall–Kier alpha value is -1.70. The van der Waals surface area contributed by atoms with Crippen LogP contribution in [0, 0.1) is 0 Å². The second-order valence-corrected chi connectivity index (χ2v) is 4.90. The van der Waals surface area contributed by atoms with E-state index in [1.807, 2.05) is 6.92 Å². The van der Waals surface area contributed by atoms with Crippen LogP contribution in [0.4, 0.5) is 13.2 Å². The minimum absolute atomic E-state index is 0.0248. The fourth-order valence-corrected chi connectivity index (χ4v) is 2.45. The number of aromatic carboxylic acids is 1. The molecule has 0 fully saturated rings. The number of rotatable bonds is 3. The molecule has 0 aliphatic heterocycles. The molecule has 0 radical (unpaired) electrons. The highest BCUT2D eigenvalue weighted by Crippen LogP contribution is 2.31. The molecule has 0 aliphatic rings. The van der Waals surface area contributed by atoms with Gasteiger partial charge in [-0.2, -0.15) is 13.2 Å². The van der Waals surface area contributed by atoms with Crippen molar-refractivity contribution >= 4 is 23.4 Å². The van der Waals surface area contributed by atoms with Crippen molar-refractivity contribution in [2.45, 2.75) is 18.1 Å². The van der Waals surface area contributed by atoms with Gasteiger partial charge in [-0.3, -0.25) is 4.40 Å². The van der Waals surface area contributed by atoms with Crippen LogP contribution in [0.25, 0.3) is 5.65 Å². The molecule has 0 saturated carbocycles. The number of halogens is 3. The van der Waals surface area contributed by atoms with Crippen molar-refractivity contribution < 1.29 is 23.1 Å². The van der Waals surface area contributed by atoms with E-state index in [1.165, 1.54) is 22.4 Å². The highest BCUT2D eigenvalue weighted by Gasteiger charge is 2.31. The van der Waals surface area contributed by atoms with Gasteiger partial charge < -0.3 is 5.11 Å². The summed E-state index contributed by atoms with van der Waals surface area (Å²) in [6.07, 6.45) is -3.29. The van der Waals surface area contributed by atoms with E-state index in [0.717, 1.165) is 12.1 Å². The number of hydrogen-bond acceptors (Lipinski definition) is 3. The van der Waals surface area contributed by atoms with Gasteiger partial charge in [-0.1, -0.05) is 6.92 Å². The summed E-state index contributed by atoms with van der Waals surface area (Å²) in [6.45, 7) is 1.82. The molecule has 2 heterocycles. The first-order valence-corrected chi connectivity index (χ1v) is 6.28. The number of aromatic nitrogens is 2. The molecule has 102 valence electrons. The minimum Gasteiger partial charge on any atom is -0.476 e. The number of pyridine rings is 1. The highest BCUT2D eigenvalue weighted by atomic mass is 32.2. The number of thioether (sulfide) groups is 1. The van der Waals surface area contributed by atoms with Crippen LogP contribution in [0.2, 0.25) is 0 Å². The summed E-state index contributed by atoms with van der Waals surface area (Å²) >= 11 is 1.22. The molecule has 0 aliphatic carbocycles. The van der Waals surface area contributed by atoms with Gasteiger partial charge in [0, 0.05) is 6.20 Å². The first kappa shape index (κ1) is 13.7. The average Bonchev–Trinajstić information content (AvgIpc) is 2.67. The molecular formula is C11H9F3N2O2S. The maximum Gasteiger partial charge on any atom is 0.416 e. The Morgan fingerprint density at radius 3 is 2.74 bits per heavy atom. The number of carboxylic acid groups (broad SMARTS) is 1. The summed E-state index contributed by atoms with van der Waals surface area (Å²) in [5, 5.41) is 9.34. The van der Waals surface area contributed by atoms with Crippen molar-refractivity contribution in [1.82, 2.24) is 9.38 Å². The Bertz CT molecular complexity index is 637. The molecule has 1 N–H and O–H groups in total. The minimum atomic E-state index is -4.48. The van der Waals surface area contributed by atoms with E-state index >= 15 is 0 Å². The zero-order valence-corrected chi connectivity index (χ0v) is 10.5. The summed E-state index contributed by atoms with van der Waals surface area (Å²) in [6, 6.07) is 1.74. The van der Waals surface area contributed by atoms with Gasteiger partial charge in [0.15, 0.2) is 5.69 Å². The van der Waals surface area contributed by atoms with Gasteiger partial charge in [-0.15, -0.1) is 11.8 Å². The number of imidazole rings is 1. The SMILES string of the molecule is CCSc1c(C(=O)O)nc2cc(C(F)(F)F)ccn12. The maximum absolute atomic E-state index is 12.6. The Labute approximate surface area is 110 Å². The number of alkyl halides is 3. The lowest BCUT2D eigenvalue weighted by Crippen LogP contribution is -2.05. The third-order valence-corrected chi connectivity index (χ3v) is 3.35. The van der Waals surface area contributed by atoms with Crippen molar-refractivity contribution in [3.63, 3.8) is 0 Å². The normalized spacial score (nSPS) is 12.0. The molecule has 2 rings (SSSR count). The summed E-state index contributed by atoms with van der Waals surface area (Å²) < 4.78 is 39.1. The van der Waals surface area contributed by atoms with E-state index in [4.69, 9.17) is 5.11 Å². The van der Waals surface area contributed by atoms with E-state index in [-0.39, 0.29) is 11.3 Å². The highest BCUT2D eigenvalue weighted by molar-refractivity contribution is 7.99. The first-order valence-electron chi connectivity index (χ1n) is 5.30. The maximum atomic E-state index is 12.6. The molecular weight excluding hydrogens is 281 g/mol. The zero-order valence-electron chi connectivity index (χ0n) is 9.73. The molecule has 8 heteroatoms. The summed E-state index contributed by atoms with van der Waals surface area (Å²) in [4.78, 5) is 14.8. The van der Waals surface area contributed by atoms with Gasteiger partial charge in [0.05, 0.1) is 5.56 Å². The van der Waals surface area contributed by atoms with Crippen LogP contribution in [0.1, 0.15) is 23.0 Å². The Balaban J connectivity index is 2.66.